The van der Waals surface area contributed by atoms with Gasteiger partial charge in [0.25, 0.3) is 0 Å². The van der Waals surface area contributed by atoms with Crippen molar-refractivity contribution in [2.45, 2.75) is 95.1 Å². The van der Waals surface area contributed by atoms with Crippen LogP contribution in [-0.2, 0) is 16.6 Å². The van der Waals surface area contributed by atoms with Crippen molar-refractivity contribution in [1.29, 1.82) is 0 Å². The molecular weight excluding hydrogens is 552 g/mol. The van der Waals surface area contributed by atoms with Crippen LogP contribution in [-0.4, -0.2) is 59.3 Å². The quantitative estimate of drug-likeness (QED) is 0.249. The van der Waals surface area contributed by atoms with Gasteiger partial charge < -0.3 is 10.2 Å². The largest absolute Gasteiger partial charge is 0.346 e. The molecule has 1 amide bonds. The molecule has 236 valence electrons. The zero-order chi connectivity index (χ0) is 31.3. The summed E-state index contributed by atoms with van der Waals surface area (Å²) < 4.78 is 0. The third-order valence-electron chi connectivity index (χ3n) is 11.1. The Morgan fingerprint density at radius 2 is 1.87 bits per heavy atom. The van der Waals surface area contributed by atoms with Crippen LogP contribution in [0, 0.1) is 25.2 Å². The van der Waals surface area contributed by atoms with Crippen LogP contribution in [0.15, 0.2) is 83.5 Å². The molecular formula is C40H50N4O. The van der Waals surface area contributed by atoms with Crippen LogP contribution in [0.4, 0.5) is 0 Å². The Kier molecular flexibility index (Phi) is 9.61. The van der Waals surface area contributed by atoms with Gasteiger partial charge in [-0.15, -0.1) is 12.3 Å². The molecule has 3 heterocycles. The number of carbonyl (C=O) groups is 1. The van der Waals surface area contributed by atoms with Crippen molar-refractivity contribution in [3.05, 3.63) is 95.2 Å². The summed E-state index contributed by atoms with van der Waals surface area (Å²) in [6.07, 6.45) is 22.4. The van der Waals surface area contributed by atoms with Crippen molar-refractivity contribution in [1.82, 2.24) is 15.1 Å². The highest BCUT2D eigenvalue weighted by Gasteiger charge is 2.76. The first-order valence-corrected chi connectivity index (χ1v) is 17.2. The van der Waals surface area contributed by atoms with Crippen molar-refractivity contribution in [3.63, 3.8) is 0 Å². The number of hydrogen-bond donors (Lipinski definition) is 1. The van der Waals surface area contributed by atoms with Gasteiger partial charge in [0.05, 0.1) is 12.4 Å². The van der Waals surface area contributed by atoms with E-state index in [2.05, 4.69) is 87.6 Å². The summed E-state index contributed by atoms with van der Waals surface area (Å²) in [6, 6.07) is 20.7. The van der Waals surface area contributed by atoms with Crippen LogP contribution < -0.4 is 5.32 Å². The number of nitrogens with one attached hydrogen (secondary N) is 1. The lowest BCUT2D eigenvalue weighted by Crippen LogP contribution is -2.46. The number of allylic oxidation sites excluding steroid dienone is 3. The van der Waals surface area contributed by atoms with Gasteiger partial charge in [0.2, 0.25) is 5.91 Å². The van der Waals surface area contributed by atoms with Gasteiger partial charge in [-0.2, -0.15) is 0 Å². The zero-order valence-electron chi connectivity index (χ0n) is 27.3. The molecule has 4 fully saturated rings. The van der Waals surface area contributed by atoms with Gasteiger partial charge >= 0.3 is 0 Å². The molecule has 0 radical (unpaired) electrons. The van der Waals surface area contributed by atoms with Crippen LogP contribution in [0.3, 0.4) is 0 Å². The molecule has 2 aliphatic carbocycles. The molecule has 5 heteroatoms. The second-order valence-corrected chi connectivity index (χ2v) is 13.9. The second kappa shape index (κ2) is 13.8. The van der Waals surface area contributed by atoms with E-state index < -0.39 is 0 Å². The number of rotatable bonds is 9. The summed E-state index contributed by atoms with van der Waals surface area (Å²) in [4.78, 5) is 22.2. The highest BCUT2D eigenvalue weighted by atomic mass is 16.2. The summed E-state index contributed by atoms with van der Waals surface area (Å²) in [5, 5.41) is 3.14. The van der Waals surface area contributed by atoms with E-state index in [0.29, 0.717) is 24.3 Å². The Balaban J connectivity index is 0.000000252. The molecule has 4 unspecified atom stereocenters. The molecule has 5 aliphatic rings. The monoisotopic (exact) mass is 602 g/mol. The van der Waals surface area contributed by atoms with Crippen LogP contribution in [0.5, 0.6) is 0 Å². The molecule has 45 heavy (non-hydrogen) atoms. The number of hydrogen-bond acceptors (Lipinski definition) is 4. The molecule has 2 saturated heterocycles. The molecule has 0 aromatic heterocycles. The van der Waals surface area contributed by atoms with Crippen molar-refractivity contribution < 1.29 is 4.79 Å². The third-order valence-corrected chi connectivity index (χ3v) is 11.1. The number of aliphatic imine (C=N–C) groups is 1. The third kappa shape index (κ3) is 7.12. The predicted octanol–water partition coefficient (Wildman–Crippen LogP) is 6.98. The fourth-order valence-electron chi connectivity index (χ4n) is 8.34. The first-order chi connectivity index (χ1) is 21.9. The van der Waals surface area contributed by atoms with Crippen LogP contribution in [0.2, 0.25) is 0 Å². The molecule has 4 atom stereocenters. The summed E-state index contributed by atoms with van der Waals surface area (Å²) in [7, 11) is 0. The summed E-state index contributed by atoms with van der Waals surface area (Å²) >= 11 is 0. The SMILES string of the molecule is C#CC/C=C\C=C1/CN=C(C)N1.Cc1ccc(CCC(=O)N2CCC(CCN3C4CCCC5CC543)(c3ccccc3)CC2)cc1. The van der Waals surface area contributed by atoms with E-state index in [4.69, 9.17) is 6.42 Å². The van der Waals surface area contributed by atoms with Gasteiger partial charge in [0, 0.05) is 43.2 Å². The number of amides is 1. The molecule has 3 aliphatic heterocycles. The molecule has 1 N–H and O–H groups in total. The zero-order valence-corrected chi connectivity index (χ0v) is 27.3. The Morgan fingerprint density at radius 3 is 2.56 bits per heavy atom. The topological polar surface area (TPSA) is 47.7 Å². The molecule has 1 spiro atoms. The van der Waals surface area contributed by atoms with E-state index in [1.807, 2.05) is 25.2 Å². The van der Waals surface area contributed by atoms with Crippen molar-refractivity contribution in [2.24, 2.45) is 10.9 Å². The standard InChI is InChI=1S/C30H38N2O.C10H12N2/c1-23-10-12-24(13-11-23)14-15-28(33)31-19-16-29(17-20-31,25-6-3-2-4-7-25)18-21-32-27-9-5-8-26-22-30(26,27)32;1-3-4-5-6-7-10-8-11-9(2)12-10/h2-4,6-7,10-13,26-27H,5,8-9,14-22H2,1H3;1,5-7H,4,8H2,2H3,(H,11,12)/b;6-5-,10-7+. The molecule has 2 aromatic rings. The predicted molar refractivity (Wildman–Crippen MR) is 185 cm³/mol. The van der Waals surface area contributed by atoms with Gasteiger partial charge in [-0.3, -0.25) is 14.7 Å². The van der Waals surface area contributed by atoms with Crippen molar-refractivity contribution in [3.8, 4) is 12.3 Å². The normalized spacial score (nSPS) is 28.2. The van der Waals surface area contributed by atoms with Gasteiger partial charge in [-0.25, -0.2) is 0 Å². The second-order valence-electron chi connectivity index (χ2n) is 13.9. The fourth-order valence-corrected chi connectivity index (χ4v) is 8.34. The maximum atomic E-state index is 13.0. The number of amidine groups is 1. The van der Waals surface area contributed by atoms with Crippen molar-refractivity contribution >= 4 is 11.7 Å². The van der Waals surface area contributed by atoms with E-state index in [1.54, 1.807) is 0 Å². The Labute approximate surface area is 270 Å². The molecule has 0 bridgehead atoms. The molecule has 2 saturated carbocycles. The van der Waals surface area contributed by atoms with E-state index in [9.17, 15) is 4.79 Å². The molecule has 5 nitrogen and oxygen atoms in total. The number of terminal acetylenes is 1. The van der Waals surface area contributed by atoms with E-state index >= 15 is 0 Å². The summed E-state index contributed by atoms with van der Waals surface area (Å²) in [6.45, 7) is 7.87. The van der Waals surface area contributed by atoms with Crippen LogP contribution in [0.1, 0.15) is 81.4 Å². The maximum Gasteiger partial charge on any atom is 0.222 e. The average Bonchev–Trinajstić information content (AvgIpc) is 3.91. The first-order valence-electron chi connectivity index (χ1n) is 17.2. The maximum absolute atomic E-state index is 13.0. The smallest absolute Gasteiger partial charge is 0.222 e. The first kappa shape index (κ1) is 31.4. The minimum Gasteiger partial charge on any atom is -0.346 e. The van der Waals surface area contributed by atoms with Gasteiger partial charge in [-0.05, 0) is 93.9 Å². The van der Waals surface area contributed by atoms with Gasteiger partial charge in [0.1, 0.15) is 0 Å². The lowest BCUT2D eigenvalue weighted by molar-refractivity contribution is -0.132. The highest BCUT2D eigenvalue weighted by molar-refractivity contribution is 5.83. The number of piperidine rings is 1. The highest BCUT2D eigenvalue weighted by Crippen LogP contribution is 2.70. The average molecular weight is 603 g/mol. The number of aryl methyl sites for hydroxylation is 2. The van der Waals surface area contributed by atoms with E-state index in [1.165, 1.54) is 55.3 Å². The lowest BCUT2D eigenvalue weighted by atomic mass is 9.70. The van der Waals surface area contributed by atoms with Crippen LogP contribution in [0.25, 0.3) is 0 Å². The summed E-state index contributed by atoms with van der Waals surface area (Å²) in [5.41, 5.74) is 6.02. The fraction of sp³-hybridized carbons (Fsp3) is 0.500. The minimum absolute atomic E-state index is 0.224. The summed E-state index contributed by atoms with van der Waals surface area (Å²) in [5.74, 6) is 4.85. The minimum atomic E-state index is 0.224. The van der Waals surface area contributed by atoms with E-state index in [-0.39, 0.29) is 5.41 Å². The molecule has 2 aromatic carbocycles. The lowest BCUT2D eigenvalue weighted by Gasteiger charge is -2.43. The number of likely N-dealkylation sites (tertiary alicyclic amines) is 2. The Hall–Kier alpha value is -3.62. The van der Waals surface area contributed by atoms with Crippen molar-refractivity contribution in [2.75, 3.05) is 26.2 Å². The van der Waals surface area contributed by atoms with Gasteiger partial charge in [-0.1, -0.05) is 78.7 Å². The Bertz CT molecular complexity index is 1460. The van der Waals surface area contributed by atoms with E-state index in [0.717, 1.165) is 62.4 Å². The number of carbonyl (C=O) groups excluding carboxylic acids is 1. The van der Waals surface area contributed by atoms with Crippen LogP contribution >= 0.6 is 0 Å². The number of benzene rings is 2. The number of nitrogens with zero attached hydrogens (tertiary/aromatic N) is 3. The Morgan fingerprint density at radius 1 is 1.09 bits per heavy atom. The molecule has 7 rings (SSSR count). The van der Waals surface area contributed by atoms with Gasteiger partial charge in [0.15, 0.2) is 0 Å².